The number of nitrogens with zero attached hydrogens (tertiary/aromatic N) is 1. The van der Waals surface area contributed by atoms with Crippen molar-refractivity contribution in [2.75, 3.05) is 7.05 Å². The van der Waals surface area contributed by atoms with Crippen molar-refractivity contribution in [3.8, 4) is 22.4 Å². The quantitative estimate of drug-likeness (QED) is 0.750. The van der Waals surface area contributed by atoms with Crippen LogP contribution in [0.4, 0.5) is 0 Å². The van der Waals surface area contributed by atoms with Gasteiger partial charge < -0.3 is 5.32 Å². The zero-order valence-electron chi connectivity index (χ0n) is 12.2. The average molecular weight is 294 g/mol. The van der Waals surface area contributed by atoms with E-state index in [2.05, 4.69) is 66.2 Å². The van der Waals surface area contributed by atoms with Gasteiger partial charge in [0.25, 0.3) is 0 Å². The molecule has 0 aliphatic rings. The van der Waals surface area contributed by atoms with Crippen LogP contribution in [-0.2, 0) is 0 Å². The first-order valence-corrected chi connectivity index (χ1v) is 7.94. The number of nitrogens with one attached hydrogen (secondary N) is 1. The number of benzene rings is 2. The minimum absolute atomic E-state index is 0.298. The van der Waals surface area contributed by atoms with Gasteiger partial charge in [0.2, 0.25) is 0 Å². The second kappa shape index (κ2) is 6.20. The van der Waals surface area contributed by atoms with Gasteiger partial charge in [0, 0.05) is 10.9 Å². The van der Waals surface area contributed by atoms with E-state index in [4.69, 9.17) is 4.98 Å². The predicted octanol–water partition coefficient (Wildman–Crippen LogP) is 4.76. The highest BCUT2D eigenvalue weighted by Crippen LogP contribution is 2.27. The smallest absolute Gasteiger partial charge is 0.110 e. The first kappa shape index (κ1) is 14.0. The van der Waals surface area contributed by atoms with Crippen molar-refractivity contribution in [2.24, 2.45) is 0 Å². The van der Waals surface area contributed by atoms with E-state index >= 15 is 0 Å². The summed E-state index contributed by atoms with van der Waals surface area (Å²) in [5.74, 6) is 0. The van der Waals surface area contributed by atoms with Crippen LogP contribution >= 0.6 is 11.3 Å². The summed E-state index contributed by atoms with van der Waals surface area (Å²) in [4.78, 5) is 4.71. The van der Waals surface area contributed by atoms with Crippen LogP contribution < -0.4 is 5.32 Å². The van der Waals surface area contributed by atoms with Crippen LogP contribution in [0.5, 0.6) is 0 Å². The van der Waals surface area contributed by atoms with E-state index in [1.54, 1.807) is 11.3 Å². The maximum absolute atomic E-state index is 4.71. The van der Waals surface area contributed by atoms with Crippen LogP contribution in [0.25, 0.3) is 22.4 Å². The van der Waals surface area contributed by atoms with Crippen molar-refractivity contribution in [3.63, 3.8) is 0 Å². The molecular formula is C18H18N2S. The predicted molar refractivity (Wildman–Crippen MR) is 90.5 cm³/mol. The second-order valence-electron chi connectivity index (χ2n) is 5.02. The highest BCUT2D eigenvalue weighted by atomic mass is 32.1. The third kappa shape index (κ3) is 3.04. The summed E-state index contributed by atoms with van der Waals surface area (Å²) in [6, 6.07) is 19.3. The fraction of sp³-hybridized carbons (Fsp3) is 0.167. The van der Waals surface area contributed by atoms with Gasteiger partial charge in [-0.2, -0.15) is 0 Å². The van der Waals surface area contributed by atoms with Crippen molar-refractivity contribution < 1.29 is 0 Å². The monoisotopic (exact) mass is 294 g/mol. The zero-order chi connectivity index (χ0) is 14.7. The molecule has 0 aliphatic heterocycles. The molecule has 0 bridgehead atoms. The van der Waals surface area contributed by atoms with Gasteiger partial charge in [-0.1, -0.05) is 54.6 Å². The Kier molecular flexibility index (Phi) is 4.13. The maximum atomic E-state index is 4.71. The Balaban J connectivity index is 1.86. The Bertz CT molecular complexity index is 702. The van der Waals surface area contributed by atoms with E-state index in [0.717, 1.165) is 10.7 Å². The molecule has 1 unspecified atom stereocenters. The van der Waals surface area contributed by atoms with Gasteiger partial charge in [0.05, 0.1) is 11.7 Å². The summed E-state index contributed by atoms with van der Waals surface area (Å²) in [7, 11) is 1.96. The van der Waals surface area contributed by atoms with Gasteiger partial charge in [0.15, 0.2) is 0 Å². The summed E-state index contributed by atoms with van der Waals surface area (Å²) in [5, 5.41) is 6.47. The molecule has 0 spiro atoms. The first-order chi connectivity index (χ1) is 10.3. The second-order valence-corrected chi connectivity index (χ2v) is 5.91. The third-order valence-corrected chi connectivity index (χ3v) is 4.64. The van der Waals surface area contributed by atoms with Gasteiger partial charge >= 0.3 is 0 Å². The minimum atomic E-state index is 0.298. The molecule has 1 atom stereocenters. The molecule has 21 heavy (non-hydrogen) atoms. The highest BCUT2D eigenvalue weighted by molar-refractivity contribution is 7.10. The van der Waals surface area contributed by atoms with Gasteiger partial charge in [-0.15, -0.1) is 11.3 Å². The van der Waals surface area contributed by atoms with Crippen molar-refractivity contribution in [1.82, 2.24) is 10.3 Å². The molecule has 0 fully saturated rings. The molecule has 1 heterocycles. The lowest BCUT2D eigenvalue weighted by Crippen LogP contribution is -2.11. The molecule has 0 saturated heterocycles. The van der Waals surface area contributed by atoms with Gasteiger partial charge in [-0.3, -0.25) is 0 Å². The molecule has 1 N–H and O–H groups in total. The summed E-state index contributed by atoms with van der Waals surface area (Å²) >= 11 is 1.70. The van der Waals surface area contributed by atoms with Gasteiger partial charge in [-0.05, 0) is 25.1 Å². The van der Waals surface area contributed by atoms with E-state index in [1.165, 1.54) is 16.7 Å². The molecule has 2 nitrogen and oxygen atoms in total. The van der Waals surface area contributed by atoms with Crippen LogP contribution in [0, 0.1) is 0 Å². The lowest BCUT2D eigenvalue weighted by Gasteiger charge is -2.05. The van der Waals surface area contributed by atoms with Crippen LogP contribution in [-0.4, -0.2) is 12.0 Å². The zero-order valence-corrected chi connectivity index (χ0v) is 13.0. The Labute approximate surface area is 129 Å². The molecule has 3 aromatic rings. The number of hydrogen-bond acceptors (Lipinski definition) is 3. The van der Waals surface area contributed by atoms with E-state index in [9.17, 15) is 0 Å². The van der Waals surface area contributed by atoms with Crippen LogP contribution in [0.15, 0.2) is 60.0 Å². The van der Waals surface area contributed by atoms with E-state index in [0.29, 0.717) is 6.04 Å². The van der Waals surface area contributed by atoms with Crippen LogP contribution in [0.3, 0.4) is 0 Å². The largest absolute Gasteiger partial charge is 0.311 e. The molecule has 0 saturated carbocycles. The molecule has 3 rings (SSSR count). The number of aromatic nitrogens is 1. The van der Waals surface area contributed by atoms with Crippen LogP contribution in [0.1, 0.15) is 18.0 Å². The molecule has 3 heteroatoms. The molecule has 0 aliphatic carbocycles. The Morgan fingerprint density at radius 2 is 1.52 bits per heavy atom. The highest BCUT2D eigenvalue weighted by Gasteiger charge is 2.09. The van der Waals surface area contributed by atoms with Gasteiger partial charge in [-0.25, -0.2) is 4.98 Å². The summed E-state index contributed by atoms with van der Waals surface area (Å²) in [6.45, 7) is 2.13. The normalized spacial score (nSPS) is 12.3. The summed E-state index contributed by atoms with van der Waals surface area (Å²) in [5.41, 5.74) is 4.70. The van der Waals surface area contributed by atoms with Crippen molar-refractivity contribution in [3.05, 3.63) is 65.0 Å². The fourth-order valence-corrected chi connectivity index (χ4v) is 3.10. The number of hydrogen-bond donors (Lipinski definition) is 1. The minimum Gasteiger partial charge on any atom is -0.311 e. The summed E-state index contributed by atoms with van der Waals surface area (Å²) < 4.78 is 0. The molecule has 0 radical (unpaired) electrons. The average Bonchev–Trinajstić information content (AvgIpc) is 3.05. The van der Waals surface area contributed by atoms with Crippen molar-refractivity contribution in [1.29, 1.82) is 0 Å². The topological polar surface area (TPSA) is 24.9 Å². The molecule has 0 amide bonds. The maximum Gasteiger partial charge on any atom is 0.110 e. The lowest BCUT2D eigenvalue weighted by molar-refractivity contribution is 0.648. The van der Waals surface area contributed by atoms with E-state index in [1.807, 2.05) is 13.1 Å². The number of rotatable bonds is 4. The standard InChI is InChI=1S/C18H18N2S/c1-13(19-2)18-20-17(12-21-18)16-10-8-15(9-11-16)14-6-4-3-5-7-14/h3-13,19H,1-2H3. The SMILES string of the molecule is CNC(C)c1nc(-c2ccc(-c3ccccc3)cc2)cs1. The molecule has 106 valence electrons. The Morgan fingerprint density at radius 3 is 2.19 bits per heavy atom. The third-order valence-electron chi connectivity index (χ3n) is 3.61. The van der Waals surface area contributed by atoms with Crippen molar-refractivity contribution in [2.45, 2.75) is 13.0 Å². The summed E-state index contributed by atoms with van der Waals surface area (Å²) in [6.07, 6.45) is 0. The van der Waals surface area contributed by atoms with Crippen LogP contribution in [0.2, 0.25) is 0 Å². The molecular weight excluding hydrogens is 276 g/mol. The number of thiazole rings is 1. The fourth-order valence-electron chi connectivity index (χ4n) is 2.21. The first-order valence-electron chi connectivity index (χ1n) is 7.06. The molecule has 2 aromatic carbocycles. The lowest BCUT2D eigenvalue weighted by atomic mass is 10.0. The Morgan fingerprint density at radius 1 is 0.905 bits per heavy atom. The van der Waals surface area contributed by atoms with E-state index in [-0.39, 0.29) is 0 Å². The molecule has 1 aromatic heterocycles. The Hall–Kier alpha value is -1.97. The van der Waals surface area contributed by atoms with Gasteiger partial charge in [0.1, 0.15) is 5.01 Å². The van der Waals surface area contributed by atoms with E-state index < -0.39 is 0 Å². The van der Waals surface area contributed by atoms with Crippen molar-refractivity contribution >= 4 is 11.3 Å².